The third kappa shape index (κ3) is 2.84. The highest BCUT2D eigenvalue weighted by molar-refractivity contribution is 5.76. The number of ether oxygens (including phenoxy) is 1. The van der Waals surface area contributed by atoms with Crippen LogP contribution in [0.15, 0.2) is 24.3 Å². The molecule has 1 aromatic carbocycles. The van der Waals surface area contributed by atoms with E-state index in [9.17, 15) is 9.90 Å². The minimum absolute atomic E-state index is 0.349. The van der Waals surface area contributed by atoms with Crippen molar-refractivity contribution < 1.29 is 14.6 Å². The number of aryl methyl sites for hydroxylation is 1. The summed E-state index contributed by atoms with van der Waals surface area (Å²) in [6.07, 6.45) is 3.93. The highest BCUT2D eigenvalue weighted by Crippen LogP contribution is 2.48. The molecule has 1 aliphatic heterocycles. The lowest BCUT2D eigenvalue weighted by molar-refractivity contribution is -0.149. The van der Waals surface area contributed by atoms with Crippen LogP contribution in [0.2, 0.25) is 0 Å². The summed E-state index contributed by atoms with van der Waals surface area (Å²) in [4.78, 5) is 14.0. The molecule has 0 aromatic heterocycles. The molecule has 2 aliphatic rings. The quantitative estimate of drug-likeness (QED) is 0.821. The SMILES string of the molecule is Cc1ccccc1OCCCN1C[C@@H]2CCC[C@@]2(C(=O)O)C1. The second-order valence-corrected chi connectivity index (χ2v) is 6.75. The van der Waals surface area contributed by atoms with E-state index in [1.165, 1.54) is 0 Å². The first kappa shape index (κ1) is 15.3. The van der Waals surface area contributed by atoms with Crippen LogP contribution in [0.25, 0.3) is 0 Å². The molecule has 4 nitrogen and oxygen atoms in total. The van der Waals surface area contributed by atoms with Crippen LogP contribution in [0.5, 0.6) is 5.75 Å². The highest BCUT2D eigenvalue weighted by Gasteiger charge is 2.54. The number of rotatable bonds is 6. The molecule has 1 saturated heterocycles. The Morgan fingerprint density at radius 2 is 2.27 bits per heavy atom. The maximum absolute atomic E-state index is 11.7. The molecule has 0 bridgehead atoms. The average Bonchev–Trinajstić information content (AvgIpc) is 3.03. The zero-order chi connectivity index (χ0) is 15.6. The molecule has 1 aliphatic carbocycles. The number of likely N-dealkylation sites (tertiary alicyclic amines) is 1. The van der Waals surface area contributed by atoms with E-state index in [0.717, 1.165) is 56.6 Å². The lowest BCUT2D eigenvalue weighted by atomic mass is 9.81. The van der Waals surface area contributed by atoms with Gasteiger partial charge in [-0.1, -0.05) is 24.6 Å². The first-order valence-electron chi connectivity index (χ1n) is 8.26. The number of hydrogen-bond donors (Lipinski definition) is 1. The minimum Gasteiger partial charge on any atom is -0.493 e. The van der Waals surface area contributed by atoms with Gasteiger partial charge in [0.05, 0.1) is 12.0 Å². The molecule has 2 atom stereocenters. The Balaban J connectivity index is 1.46. The van der Waals surface area contributed by atoms with Crippen LogP contribution in [-0.2, 0) is 4.79 Å². The number of carboxylic acids is 1. The molecule has 0 unspecified atom stereocenters. The zero-order valence-electron chi connectivity index (χ0n) is 13.3. The normalized spacial score (nSPS) is 27.8. The summed E-state index contributed by atoms with van der Waals surface area (Å²) in [5.41, 5.74) is 0.694. The predicted octanol–water partition coefficient (Wildman–Crippen LogP) is 2.95. The van der Waals surface area contributed by atoms with Crippen molar-refractivity contribution in [3.63, 3.8) is 0 Å². The van der Waals surface area contributed by atoms with Crippen molar-refractivity contribution in [1.29, 1.82) is 0 Å². The van der Waals surface area contributed by atoms with Gasteiger partial charge in [-0.3, -0.25) is 4.79 Å². The fraction of sp³-hybridized carbons (Fsp3) is 0.611. The van der Waals surface area contributed by atoms with Gasteiger partial charge in [0.2, 0.25) is 0 Å². The summed E-state index contributed by atoms with van der Waals surface area (Å²) in [5, 5.41) is 9.59. The van der Waals surface area contributed by atoms with Crippen LogP contribution in [-0.4, -0.2) is 42.2 Å². The first-order chi connectivity index (χ1) is 10.6. The number of benzene rings is 1. The van der Waals surface area contributed by atoms with Crippen LogP contribution in [0.1, 0.15) is 31.2 Å². The summed E-state index contributed by atoms with van der Waals surface area (Å²) in [5.74, 6) is 0.707. The Morgan fingerprint density at radius 3 is 3.00 bits per heavy atom. The number of aliphatic carboxylic acids is 1. The zero-order valence-corrected chi connectivity index (χ0v) is 13.3. The molecule has 1 N–H and O–H groups in total. The molecular formula is C18H25NO3. The second kappa shape index (κ2) is 6.29. The molecule has 2 fully saturated rings. The number of fused-ring (bicyclic) bond motifs is 1. The maximum atomic E-state index is 11.7. The number of carbonyl (C=O) groups is 1. The van der Waals surface area contributed by atoms with Gasteiger partial charge in [0.25, 0.3) is 0 Å². The monoisotopic (exact) mass is 303 g/mol. The van der Waals surface area contributed by atoms with Gasteiger partial charge in [0.15, 0.2) is 0 Å². The first-order valence-corrected chi connectivity index (χ1v) is 8.26. The third-order valence-corrected chi connectivity index (χ3v) is 5.34. The van der Waals surface area contributed by atoms with E-state index in [-0.39, 0.29) is 0 Å². The van der Waals surface area contributed by atoms with Gasteiger partial charge in [-0.05, 0) is 43.7 Å². The summed E-state index contributed by atoms with van der Waals surface area (Å²) in [7, 11) is 0. The third-order valence-electron chi connectivity index (χ3n) is 5.34. The highest BCUT2D eigenvalue weighted by atomic mass is 16.5. The van der Waals surface area contributed by atoms with E-state index in [0.29, 0.717) is 12.5 Å². The Bertz CT molecular complexity index is 545. The van der Waals surface area contributed by atoms with Gasteiger partial charge < -0.3 is 14.7 Å². The number of para-hydroxylation sites is 1. The Morgan fingerprint density at radius 1 is 1.45 bits per heavy atom. The fourth-order valence-electron chi connectivity index (χ4n) is 4.10. The minimum atomic E-state index is -0.589. The second-order valence-electron chi connectivity index (χ2n) is 6.75. The number of nitrogens with zero attached hydrogens (tertiary/aromatic N) is 1. The summed E-state index contributed by atoms with van der Waals surface area (Å²) < 4.78 is 5.82. The lowest BCUT2D eigenvalue weighted by Gasteiger charge is -2.23. The van der Waals surface area contributed by atoms with Gasteiger partial charge in [-0.25, -0.2) is 0 Å². The maximum Gasteiger partial charge on any atom is 0.311 e. The van der Waals surface area contributed by atoms with Crippen molar-refractivity contribution in [3.8, 4) is 5.75 Å². The van der Waals surface area contributed by atoms with Crippen LogP contribution >= 0.6 is 0 Å². The van der Waals surface area contributed by atoms with Crippen molar-refractivity contribution in [2.45, 2.75) is 32.6 Å². The molecule has 0 radical (unpaired) electrons. The molecule has 120 valence electrons. The molecular weight excluding hydrogens is 278 g/mol. The Hall–Kier alpha value is -1.55. The van der Waals surface area contributed by atoms with Gasteiger partial charge in [0, 0.05) is 19.6 Å². The van der Waals surface area contributed by atoms with E-state index in [2.05, 4.69) is 4.90 Å². The predicted molar refractivity (Wildman–Crippen MR) is 85.1 cm³/mol. The molecule has 3 rings (SSSR count). The molecule has 4 heteroatoms. The number of carboxylic acid groups (broad SMARTS) is 1. The van der Waals surface area contributed by atoms with E-state index >= 15 is 0 Å². The van der Waals surface area contributed by atoms with Crippen LogP contribution in [0.4, 0.5) is 0 Å². The average molecular weight is 303 g/mol. The molecule has 1 heterocycles. The summed E-state index contributed by atoms with van der Waals surface area (Å²) in [6.45, 7) is 5.32. The summed E-state index contributed by atoms with van der Waals surface area (Å²) in [6, 6.07) is 8.04. The molecule has 1 aromatic rings. The summed E-state index contributed by atoms with van der Waals surface area (Å²) >= 11 is 0. The van der Waals surface area contributed by atoms with Crippen molar-refractivity contribution >= 4 is 5.97 Å². The van der Waals surface area contributed by atoms with E-state index < -0.39 is 11.4 Å². The van der Waals surface area contributed by atoms with Crippen molar-refractivity contribution in [3.05, 3.63) is 29.8 Å². The van der Waals surface area contributed by atoms with Gasteiger partial charge in [0.1, 0.15) is 5.75 Å². The van der Waals surface area contributed by atoms with Gasteiger partial charge in [-0.2, -0.15) is 0 Å². The molecule has 22 heavy (non-hydrogen) atoms. The molecule has 1 saturated carbocycles. The fourth-order valence-corrected chi connectivity index (χ4v) is 4.10. The van der Waals surface area contributed by atoms with Gasteiger partial charge >= 0.3 is 5.97 Å². The molecule has 0 spiro atoms. The van der Waals surface area contributed by atoms with E-state index in [1.54, 1.807) is 0 Å². The van der Waals surface area contributed by atoms with Crippen molar-refractivity contribution in [1.82, 2.24) is 4.90 Å². The number of hydrogen-bond acceptors (Lipinski definition) is 3. The van der Waals surface area contributed by atoms with Crippen LogP contribution < -0.4 is 4.74 Å². The largest absolute Gasteiger partial charge is 0.493 e. The Kier molecular flexibility index (Phi) is 4.39. The topological polar surface area (TPSA) is 49.8 Å². The van der Waals surface area contributed by atoms with Gasteiger partial charge in [-0.15, -0.1) is 0 Å². The Labute approximate surface area is 132 Å². The van der Waals surface area contributed by atoms with Crippen LogP contribution in [0, 0.1) is 18.3 Å². The smallest absolute Gasteiger partial charge is 0.311 e. The van der Waals surface area contributed by atoms with E-state index in [1.807, 2.05) is 31.2 Å². The molecule has 0 amide bonds. The standard InChI is InChI=1S/C18H25NO3/c1-14-6-2-3-8-16(14)22-11-5-10-19-12-15-7-4-9-18(15,13-19)17(20)21/h2-3,6,8,15H,4-5,7,9-13H2,1H3,(H,20,21)/t15-,18+/m0/s1. The van der Waals surface area contributed by atoms with Crippen LogP contribution in [0.3, 0.4) is 0 Å². The lowest BCUT2D eigenvalue weighted by Crippen LogP contribution is -2.36. The van der Waals surface area contributed by atoms with Crippen molar-refractivity contribution in [2.24, 2.45) is 11.3 Å². The van der Waals surface area contributed by atoms with Crippen molar-refractivity contribution in [2.75, 3.05) is 26.2 Å². The van der Waals surface area contributed by atoms with E-state index in [4.69, 9.17) is 4.74 Å².